The fourth-order valence-corrected chi connectivity index (χ4v) is 4.54. The van der Waals surface area contributed by atoms with Gasteiger partial charge in [-0.25, -0.2) is 4.79 Å². The Morgan fingerprint density at radius 2 is 2.07 bits per heavy atom. The molecule has 1 heterocycles. The van der Waals surface area contributed by atoms with E-state index in [1.807, 2.05) is 0 Å². The molecule has 0 unspecified atom stereocenters. The third-order valence-electron chi connectivity index (χ3n) is 4.23. The van der Waals surface area contributed by atoms with Crippen LogP contribution in [0.4, 0.5) is 10.8 Å². The number of hydrogen-bond acceptors (Lipinski definition) is 8. The molecule has 3 rings (SSSR count). The zero-order chi connectivity index (χ0) is 19.1. The molecule has 1 aliphatic rings. The molecular weight excluding hydrogens is 384 g/mol. The van der Waals surface area contributed by atoms with E-state index < -0.39 is 5.97 Å². The number of esters is 1. The van der Waals surface area contributed by atoms with Crippen molar-refractivity contribution in [2.24, 2.45) is 0 Å². The van der Waals surface area contributed by atoms with Crippen LogP contribution in [0.25, 0.3) is 0 Å². The molecule has 1 saturated carbocycles. The maximum atomic E-state index is 12.2. The lowest BCUT2D eigenvalue weighted by Crippen LogP contribution is -2.21. The van der Waals surface area contributed by atoms with Crippen molar-refractivity contribution in [2.75, 3.05) is 23.5 Å². The highest BCUT2D eigenvalue weighted by molar-refractivity contribution is 8.01. The number of nitrogens with zero attached hydrogens (tertiary/aromatic N) is 2. The summed E-state index contributed by atoms with van der Waals surface area (Å²) >= 11 is 2.82. The third-order valence-corrected chi connectivity index (χ3v) is 6.22. The molecule has 0 atom stereocenters. The number of hydrogen-bond donors (Lipinski definition) is 2. The summed E-state index contributed by atoms with van der Waals surface area (Å²) in [6.07, 6.45) is 6.18. The van der Waals surface area contributed by atoms with E-state index in [0.29, 0.717) is 17.3 Å². The van der Waals surface area contributed by atoms with E-state index in [9.17, 15) is 9.59 Å². The smallest absolute Gasteiger partial charge is 0.337 e. The first-order valence-electron chi connectivity index (χ1n) is 8.85. The molecule has 0 spiro atoms. The molecule has 9 heteroatoms. The van der Waals surface area contributed by atoms with Gasteiger partial charge in [-0.3, -0.25) is 4.79 Å². The molecule has 2 aromatic rings. The average molecular weight is 407 g/mol. The van der Waals surface area contributed by atoms with Crippen LogP contribution >= 0.6 is 23.1 Å². The Kier molecular flexibility index (Phi) is 7.05. The van der Waals surface area contributed by atoms with E-state index in [1.165, 1.54) is 62.3 Å². The Labute approximate surface area is 166 Å². The van der Waals surface area contributed by atoms with Crippen LogP contribution in [0.5, 0.6) is 0 Å². The van der Waals surface area contributed by atoms with Gasteiger partial charge in [-0.2, -0.15) is 0 Å². The van der Waals surface area contributed by atoms with Crippen molar-refractivity contribution in [1.29, 1.82) is 0 Å². The lowest BCUT2D eigenvalue weighted by molar-refractivity contribution is -0.113. The molecule has 0 radical (unpaired) electrons. The van der Waals surface area contributed by atoms with Crippen molar-refractivity contribution < 1.29 is 14.3 Å². The van der Waals surface area contributed by atoms with Crippen molar-refractivity contribution in [1.82, 2.24) is 10.2 Å². The number of nitrogens with one attached hydrogen (secondary N) is 2. The number of amides is 1. The van der Waals surface area contributed by atoms with Gasteiger partial charge < -0.3 is 15.4 Å². The molecule has 0 bridgehead atoms. The fraction of sp³-hybridized carbons (Fsp3) is 0.444. The number of benzene rings is 1. The number of methoxy groups -OCH3 is 1. The highest BCUT2D eigenvalue weighted by Gasteiger charge is 2.16. The third kappa shape index (κ3) is 5.93. The molecule has 1 aromatic carbocycles. The predicted octanol–water partition coefficient (Wildman–Crippen LogP) is 3.80. The standard InChI is InChI=1S/C18H22N4O3S2/c1-25-16(24)12-6-5-9-14(10-12)19-15(23)11-26-18-22-21-17(27-18)20-13-7-3-2-4-8-13/h5-6,9-10,13H,2-4,7-8,11H2,1H3,(H,19,23)(H,20,21). The molecule has 0 saturated heterocycles. The van der Waals surface area contributed by atoms with Gasteiger partial charge in [0.05, 0.1) is 18.4 Å². The molecule has 7 nitrogen and oxygen atoms in total. The summed E-state index contributed by atoms with van der Waals surface area (Å²) in [5.41, 5.74) is 0.950. The van der Waals surface area contributed by atoms with E-state index in [0.717, 1.165) is 9.47 Å². The average Bonchev–Trinajstić information content (AvgIpc) is 3.14. The lowest BCUT2D eigenvalue weighted by Gasteiger charge is -2.21. The van der Waals surface area contributed by atoms with Crippen molar-refractivity contribution in [3.8, 4) is 0 Å². The summed E-state index contributed by atoms with van der Waals surface area (Å²) in [7, 11) is 1.32. The summed E-state index contributed by atoms with van der Waals surface area (Å²) in [5.74, 6) is -0.383. The van der Waals surface area contributed by atoms with Gasteiger partial charge in [0.25, 0.3) is 0 Å². The van der Waals surface area contributed by atoms with Crippen LogP contribution in [-0.4, -0.2) is 41.0 Å². The molecule has 27 heavy (non-hydrogen) atoms. The Bertz CT molecular complexity index is 790. The van der Waals surface area contributed by atoms with Gasteiger partial charge in [0.1, 0.15) is 0 Å². The van der Waals surface area contributed by atoms with Gasteiger partial charge in [-0.1, -0.05) is 48.4 Å². The number of anilines is 2. The summed E-state index contributed by atoms with van der Waals surface area (Å²) in [5, 5.41) is 15.3. The van der Waals surface area contributed by atoms with E-state index in [-0.39, 0.29) is 11.7 Å². The van der Waals surface area contributed by atoms with Crippen LogP contribution < -0.4 is 10.6 Å². The number of aromatic nitrogens is 2. The second kappa shape index (κ2) is 9.70. The molecule has 2 N–H and O–H groups in total. The van der Waals surface area contributed by atoms with Gasteiger partial charge in [-0.15, -0.1) is 10.2 Å². The lowest BCUT2D eigenvalue weighted by atomic mass is 9.96. The van der Waals surface area contributed by atoms with Gasteiger partial charge in [0, 0.05) is 11.7 Å². The van der Waals surface area contributed by atoms with Gasteiger partial charge in [0.2, 0.25) is 11.0 Å². The van der Waals surface area contributed by atoms with E-state index in [2.05, 4.69) is 25.6 Å². The molecule has 1 fully saturated rings. The van der Waals surface area contributed by atoms with Crippen LogP contribution in [0.15, 0.2) is 28.6 Å². The molecule has 1 amide bonds. The van der Waals surface area contributed by atoms with E-state index in [1.54, 1.807) is 24.3 Å². The summed E-state index contributed by atoms with van der Waals surface area (Å²) in [4.78, 5) is 23.7. The summed E-state index contributed by atoms with van der Waals surface area (Å²) in [6, 6.07) is 7.13. The monoisotopic (exact) mass is 406 g/mol. The SMILES string of the molecule is COC(=O)c1cccc(NC(=O)CSc2nnc(NC3CCCCC3)s2)c1. The topological polar surface area (TPSA) is 93.2 Å². The Morgan fingerprint density at radius 3 is 2.85 bits per heavy atom. The minimum atomic E-state index is -0.438. The first-order chi connectivity index (χ1) is 13.1. The van der Waals surface area contributed by atoms with Crippen molar-refractivity contribution in [3.05, 3.63) is 29.8 Å². The number of ether oxygens (including phenoxy) is 1. The predicted molar refractivity (Wildman–Crippen MR) is 108 cm³/mol. The summed E-state index contributed by atoms with van der Waals surface area (Å²) in [6.45, 7) is 0. The van der Waals surface area contributed by atoms with Crippen molar-refractivity contribution in [2.45, 2.75) is 42.5 Å². The Hall–Kier alpha value is -2.13. The second-order valence-electron chi connectivity index (χ2n) is 6.26. The maximum absolute atomic E-state index is 12.2. The fourth-order valence-electron chi connectivity index (χ4n) is 2.91. The highest BCUT2D eigenvalue weighted by Crippen LogP contribution is 2.28. The van der Waals surface area contributed by atoms with Crippen LogP contribution in [0.1, 0.15) is 42.5 Å². The number of carbonyl (C=O) groups is 2. The largest absolute Gasteiger partial charge is 0.465 e. The van der Waals surface area contributed by atoms with E-state index >= 15 is 0 Å². The zero-order valence-corrected chi connectivity index (χ0v) is 16.7. The van der Waals surface area contributed by atoms with Crippen LogP contribution in [0, 0.1) is 0 Å². The van der Waals surface area contributed by atoms with E-state index in [4.69, 9.17) is 0 Å². The summed E-state index contributed by atoms with van der Waals surface area (Å²) < 4.78 is 5.44. The second-order valence-corrected chi connectivity index (χ2v) is 8.46. The minimum Gasteiger partial charge on any atom is -0.465 e. The van der Waals surface area contributed by atoms with Crippen LogP contribution in [-0.2, 0) is 9.53 Å². The van der Waals surface area contributed by atoms with Crippen molar-refractivity contribution in [3.63, 3.8) is 0 Å². The number of thioether (sulfide) groups is 1. The molecular formula is C18H22N4O3S2. The normalized spacial score (nSPS) is 14.6. The minimum absolute atomic E-state index is 0.168. The molecule has 1 aromatic heterocycles. The molecule has 1 aliphatic carbocycles. The quantitative estimate of drug-likeness (QED) is 0.533. The van der Waals surface area contributed by atoms with Gasteiger partial charge in [0.15, 0.2) is 4.34 Å². The maximum Gasteiger partial charge on any atom is 0.337 e. The van der Waals surface area contributed by atoms with Crippen LogP contribution in [0.2, 0.25) is 0 Å². The number of carbonyl (C=O) groups excluding carboxylic acids is 2. The highest BCUT2D eigenvalue weighted by atomic mass is 32.2. The van der Waals surface area contributed by atoms with Gasteiger partial charge >= 0.3 is 5.97 Å². The number of rotatable bonds is 7. The molecule has 0 aliphatic heterocycles. The molecule has 144 valence electrons. The first kappa shape index (κ1) is 19.6. The Morgan fingerprint density at radius 1 is 1.26 bits per heavy atom. The van der Waals surface area contributed by atoms with Crippen molar-refractivity contribution >= 4 is 45.8 Å². The van der Waals surface area contributed by atoms with Gasteiger partial charge in [-0.05, 0) is 31.0 Å². The zero-order valence-electron chi connectivity index (χ0n) is 15.1. The van der Waals surface area contributed by atoms with Crippen LogP contribution in [0.3, 0.4) is 0 Å². The first-order valence-corrected chi connectivity index (χ1v) is 10.7. The Balaban J connectivity index is 1.47.